The van der Waals surface area contributed by atoms with E-state index in [2.05, 4.69) is 10.6 Å². The van der Waals surface area contributed by atoms with Crippen molar-refractivity contribution in [1.29, 1.82) is 0 Å². The number of morpholine rings is 1. The molecule has 2 aliphatic heterocycles. The van der Waals surface area contributed by atoms with Crippen molar-refractivity contribution in [2.45, 2.75) is 26.1 Å². The molecular weight excluding hydrogens is 364 g/mol. The minimum absolute atomic E-state index is 0.0716. The van der Waals surface area contributed by atoms with Crippen LogP contribution in [-0.4, -0.2) is 65.7 Å². The lowest BCUT2D eigenvalue weighted by molar-refractivity contribution is -0.142. The molecule has 28 heavy (non-hydrogen) atoms. The molecule has 3 rings (SSSR count). The molecule has 0 bridgehead atoms. The molecule has 2 amide bonds. The summed E-state index contributed by atoms with van der Waals surface area (Å²) in [5, 5.41) is 1.31. The summed E-state index contributed by atoms with van der Waals surface area (Å²) in [6.45, 7) is 4.46. The van der Waals surface area contributed by atoms with Crippen LogP contribution in [0.3, 0.4) is 0 Å². The Balaban J connectivity index is 1.95. The van der Waals surface area contributed by atoms with Gasteiger partial charge in [-0.15, -0.1) is 0 Å². The molecule has 9 heteroatoms. The van der Waals surface area contributed by atoms with Crippen LogP contribution in [0.4, 0.5) is 0 Å². The number of benzene rings is 1. The Bertz CT molecular complexity index is 826. The van der Waals surface area contributed by atoms with E-state index in [0.717, 1.165) is 0 Å². The summed E-state index contributed by atoms with van der Waals surface area (Å²) in [5.74, 6) is -1.69. The minimum atomic E-state index is -0.668. The summed E-state index contributed by atoms with van der Waals surface area (Å²) in [4.78, 5) is 47.9. The van der Waals surface area contributed by atoms with Gasteiger partial charge in [-0.25, -0.2) is 9.79 Å². The van der Waals surface area contributed by atoms with Gasteiger partial charge in [0, 0.05) is 31.8 Å². The number of hydrazine groups is 1. The highest BCUT2D eigenvalue weighted by molar-refractivity contribution is 6.45. The van der Waals surface area contributed by atoms with E-state index < -0.39 is 17.8 Å². The number of nitrogens with one attached hydrogen (secondary N) is 1. The van der Waals surface area contributed by atoms with Crippen molar-refractivity contribution in [3.8, 4) is 0 Å². The highest BCUT2D eigenvalue weighted by atomic mass is 16.7. The van der Waals surface area contributed by atoms with E-state index in [1.807, 2.05) is 13.8 Å². The molecule has 0 radical (unpaired) electrons. The van der Waals surface area contributed by atoms with Gasteiger partial charge in [0.2, 0.25) is 0 Å². The number of carbonyl (C=O) groups excluding carboxylic acids is 3. The summed E-state index contributed by atoms with van der Waals surface area (Å²) in [6.07, 6.45) is 0.968. The fourth-order valence-corrected chi connectivity index (χ4v) is 3.04. The van der Waals surface area contributed by atoms with Crippen LogP contribution in [0, 0.1) is 0 Å². The molecule has 2 aliphatic rings. The van der Waals surface area contributed by atoms with Crippen molar-refractivity contribution in [3.05, 3.63) is 47.7 Å². The zero-order chi connectivity index (χ0) is 20.3. The average molecular weight is 386 g/mol. The maximum atomic E-state index is 13.1. The molecule has 0 spiro atoms. The smallest absolute Gasteiger partial charge is 0.372 e. The zero-order valence-corrected chi connectivity index (χ0v) is 15.9. The first-order valence-corrected chi connectivity index (χ1v) is 8.90. The lowest BCUT2D eigenvalue weighted by Gasteiger charge is -2.35. The minimum Gasteiger partial charge on any atom is -0.372 e. The van der Waals surface area contributed by atoms with Gasteiger partial charge in [-0.2, -0.15) is 0 Å². The first-order chi connectivity index (χ1) is 13.3. The predicted molar refractivity (Wildman–Crippen MR) is 99.9 cm³/mol. The van der Waals surface area contributed by atoms with Crippen LogP contribution in [0.15, 0.2) is 47.1 Å². The third-order valence-corrected chi connectivity index (χ3v) is 4.29. The summed E-state index contributed by atoms with van der Waals surface area (Å²) < 4.78 is 5.66. The summed E-state index contributed by atoms with van der Waals surface area (Å²) >= 11 is 0. The number of hydrogen-bond donors (Lipinski definition) is 1. The Morgan fingerprint density at radius 3 is 2.39 bits per heavy atom. The molecule has 2 saturated heterocycles. The zero-order valence-electron chi connectivity index (χ0n) is 15.9. The normalized spacial score (nSPS) is 24.5. The van der Waals surface area contributed by atoms with E-state index in [4.69, 9.17) is 9.57 Å². The van der Waals surface area contributed by atoms with Gasteiger partial charge in [-0.05, 0) is 26.0 Å². The second-order valence-electron chi connectivity index (χ2n) is 6.71. The Morgan fingerprint density at radius 1 is 1.18 bits per heavy atom. The Labute approximate surface area is 162 Å². The molecule has 0 aromatic heterocycles. The third kappa shape index (κ3) is 4.44. The molecular formula is C19H22N4O5. The number of nitrogens with zero attached hydrogens (tertiary/aromatic N) is 3. The molecule has 1 N–H and O–H groups in total. The van der Waals surface area contributed by atoms with Crippen LogP contribution in [0.1, 0.15) is 24.2 Å². The molecule has 148 valence electrons. The predicted octanol–water partition coefficient (Wildman–Crippen LogP) is 0.696. The molecule has 0 aliphatic carbocycles. The van der Waals surface area contributed by atoms with E-state index in [9.17, 15) is 14.4 Å². The first kappa shape index (κ1) is 19.7. The standard InChI is InChI=1S/C19H22N4O5/c1-12-10-23(11-13(2)27-12)18(25)15(9-16-19(26)28-21-22(16)3)20-17(24)14-7-5-4-6-8-14/h4-9,12-13,21H,10-11H2,1-3H3/b16-9+,20-15?. The van der Waals surface area contributed by atoms with Crippen molar-refractivity contribution in [3.63, 3.8) is 0 Å². The van der Waals surface area contributed by atoms with E-state index in [-0.39, 0.29) is 23.6 Å². The van der Waals surface area contributed by atoms with Gasteiger partial charge in [-0.3, -0.25) is 14.6 Å². The van der Waals surface area contributed by atoms with Gasteiger partial charge in [0.25, 0.3) is 11.8 Å². The average Bonchev–Trinajstić information content (AvgIpc) is 2.98. The molecule has 1 aromatic rings. The van der Waals surface area contributed by atoms with Crippen molar-refractivity contribution in [2.24, 2.45) is 4.99 Å². The fourth-order valence-electron chi connectivity index (χ4n) is 3.04. The monoisotopic (exact) mass is 386 g/mol. The molecule has 2 unspecified atom stereocenters. The van der Waals surface area contributed by atoms with E-state index in [1.165, 1.54) is 11.1 Å². The SMILES string of the molecule is CC1CN(C(=O)C(/C=C2\C(=O)ONN2C)=NC(=O)c2ccccc2)CC(C)O1. The lowest BCUT2D eigenvalue weighted by Crippen LogP contribution is -2.50. The third-order valence-electron chi connectivity index (χ3n) is 4.29. The quantitative estimate of drug-likeness (QED) is 0.603. The largest absolute Gasteiger partial charge is 0.376 e. The van der Waals surface area contributed by atoms with Gasteiger partial charge in [0.1, 0.15) is 11.4 Å². The lowest BCUT2D eigenvalue weighted by atomic mass is 10.1. The highest BCUT2D eigenvalue weighted by Crippen LogP contribution is 2.14. The summed E-state index contributed by atoms with van der Waals surface area (Å²) in [7, 11) is 1.55. The number of carbonyl (C=O) groups is 3. The number of likely N-dealkylation sites (N-methyl/N-ethyl adjacent to an activating group) is 1. The van der Waals surface area contributed by atoms with Crippen LogP contribution in [0.2, 0.25) is 0 Å². The highest BCUT2D eigenvalue weighted by Gasteiger charge is 2.31. The van der Waals surface area contributed by atoms with Crippen LogP contribution >= 0.6 is 0 Å². The number of amides is 2. The van der Waals surface area contributed by atoms with Crippen molar-refractivity contribution >= 4 is 23.5 Å². The van der Waals surface area contributed by atoms with Crippen LogP contribution < -0.4 is 5.59 Å². The van der Waals surface area contributed by atoms with E-state index >= 15 is 0 Å². The first-order valence-electron chi connectivity index (χ1n) is 8.90. The second-order valence-corrected chi connectivity index (χ2v) is 6.71. The van der Waals surface area contributed by atoms with Crippen LogP contribution in [0.5, 0.6) is 0 Å². The van der Waals surface area contributed by atoms with Crippen LogP contribution in [0.25, 0.3) is 0 Å². The van der Waals surface area contributed by atoms with Crippen molar-refractivity contribution < 1.29 is 24.0 Å². The van der Waals surface area contributed by atoms with Crippen LogP contribution in [-0.2, 0) is 19.2 Å². The Hall–Kier alpha value is -3.04. The number of hydrogen-bond acceptors (Lipinski definition) is 7. The van der Waals surface area contributed by atoms with Gasteiger partial charge in [0.05, 0.1) is 12.2 Å². The number of rotatable bonds is 3. The summed E-state index contributed by atoms with van der Waals surface area (Å²) in [5.41, 5.74) is 2.65. The van der Waals surface area contributed by atoms with E-state index in [0.29, 0.717) is 18.7 Å². The van der Waals surface area contributed by atoms with Gasteiger partial charge in [0.15, 0.2) is 0 Å². The van der Waals surface area contributed by atoms with Crippen molar-refractivity contribution in [1.82, 2.24) is 15.5 Å². The molecule has 1 aromatic carbocycles. The van der Waals surface area contributed by atoms with Crippen molar-refractivity contribution in [2.75, 3.05) is 20.1 Å². The maximum Gasteiger partial charge on any atom is 0.376 e. The Kier molecular flexibility index (Phi) is 5.86. The molecule has 0 saturated carbocycles. The second kappa shape index (κ2) is 8.32. The number of ether oxygens (including phenoxy) is 1. The summed E-state index contributed by atoms with van der Waals surface area (Å²) in [6, 6.07) is 8.41. The van der Waals surface area contributed by atoms with Gasteiger partial charge < -0.3 is 14.5 Å². The molecule has 2 atom stereocenters. The fraction of sp³-hybridized carbons (Fsp3) is 0.368. The maximum absolute atomic E-state index is 13.1. The molecule has 2 fully saturated rings. The molecule has 9 nitrogen and oxygen atoms in total. The Morgan fingerprint density at radius 2 is 1.82 bits per heavy atom. The van der Waals surface area contributed by atoms with Gasteiger partial charge >= 0.3 is 5.97 Å². The van der Waals surface area contributed by atoms with Gasteiger partial charge in [-0.1, -0.05) is 23.8 Å². The van der Waals surface area contributed by atoms with E-state index in [1.54, 1.807) is 42.3 Å². The molecule has 2 heterocycles. The number of aliphatic imine (C=N–C) groups is 1. The topological polar surface area (TPSA) is 101 Å².